The van der Waals surface area contributed by atoms with Gasteiger partial charge in [0.25, 0.3) is 5.91 Å². The van der Waals surface area contributed by atoms with Gasteiger partial charge in [-0.15, -0.1) is 0 Å². The van der Waals surface area contributed by atoms with Crippen LogP contribution in [-0.2, 0) is 27.8 Å². The number of rotatable bonds is 4. The van der Waals surface area contributed by atoms with Crippen LogP contribution in [0.15, 0.2) is 6.20 Å². The molecule has 19 heavy (non-hydrogen) atoms. The molecule has 1 aromatic rings. The minimum atomic E-state index is -1.02. The topological polar surface area (TPSA) is 93.5 Å². The van der Waals surface area contributed by atoms with Crippen LogP contribution in [-0.4, -0.2) is 39.0 Å². The van der Waals surface area contributed by atoms with Gasteiger partial charge >= 0.3 is 5.97 Å². The van der Waals surface area contributed by atoms with E-state index in [2.05, 4.69) is 10.4 Å². The molecular weight excluding hydrogens is 250 g/mol. The lowest BCUT2D eigenvalue weighted by atomic mass is 10.2. The molecular formula is C12H17N3O4. The monoisotopic (exact) mass is 267 g/mol. The Morgan fingerprint density at radius 2 is 2.21 bits per heavy atom. The number of carbonyl (C=O) groups excluding carboxylic acids is 1. The third kappa shape index (κ3) is 2.93. The summed E-state index contributed by atoms with van der Waals surface area (Å²) < 4.78 is 6.83. The van der Waals surface area contributed by atoms with Crippen LogP contribution in [0.25, 0.3) is 0 Å². The third-order valence-electron chi connectivity index (χ3n) is 3.09. The smallest absolute Gasteiger partial charge is 0.332 e. The molecule has 2 N–H and O–H groups in total. The lowest BCUT2D eigenvalue weighted by Crippen LogP contribution is -2.30. The molecule has 1 fully saturated rings. The summed E-state index contributed by atoms with van der Waals surface area (Å²) in [6.07, 6.45) is 1.63. The molecule has 2 rings (SSSR count). The van der Waals surface area contributed by atoms with Crippen molar-refractivity contribution in [1.82, 2.24) is 9.78 Å². The van der Waals surface area contributed by atoms with Gasteiger partial charge in [0.1, 0.15) is 6.10 Å². The standard InChI is InChI=1S/C12H17N3O4/c1-3-7-8(6-15(2)14-7)13-11(16)9-4-5-10(19-9)12(17)18/h6,9-10H,3-5H2,1-2H3,(H,13,16)(H,17,18). The van der Waals surface area contributed by atoms with Crippen molar-refractivity contribution in [2.45, 2.75) is 38.4 Å². The fourth-order valence-corrected chi connectivity index (χ4v) is 2.12. The van der Waals surface area contributed by atoms with Crippen LogP contribution in [0, 0.1) is 0 Å². The van der Waals surface area contributed by atoms with E-state index >= 15 is 0 Å². The van der Waals surface area contributed by atoms with E-state index in [-0.39, 0.29) is 5.91 Å². The van der Waals surface area contributed by atoms with Gasteiger partial charge in [-0.1, -0.05) is 6.92 Å². The van der Waals surface area contributed by atoms with E-state index in [0.717, 1.165) is 5.69 Å². The molecule has 1 aromatic heterocycles. The van der Waals surface area contributed by atoms with Gasteiger partial charge in [-0.3, -0.25) is 9.48 Å². The van der Waals surface area contributed by atoms with Crippen molar-refractivity contribution in [3.63, 3.8) is 0 Å². The molecule has 7 heteroatoms. The lowest BCUT2D eigenvalue weighted by Gasteiger charge is -2.11. The molecule has 2 heterocycles. The summed E-state index contributed by atoms with van der Waals surface area (Å²) in [5, 5.41) is 15.8. The highest BCUT2D eigenvalue weighted by Gasteiger charge is 2.35. The predicted molar refractivity (Wildman–Crippen MR) is 66.7 cm³/mol. The number of ether oxygens (including phenoxy) is 1. The largest absolute Gasteiger partial charge is 0.479 e. The zero-order chi connectivity index (χ0) is 14.0. The summed E-state index contributed by atoms with van der Waals surface area (Å²) in [4.78, 5) is 22.8. The van der Waals surface area contributed by atoms with E-state index in [1.807, 2.05) is 6.92 Å². The number of hydrogen-bond donors (Lipinski definition) is 2. The highest BCUT2D eigenvalue weighted by atomic mass is 16.5. The zero-order valence-electron chi connectivity index (χ0n) is 10.9. The summed E-state index contributed by atoms with van der Waals surface area (Å²) >= 11 is 0. The Morgan fingerprint density at radius 3 is 2.79 bits per heavy atom. The molecule has 2 unspecified atom stereocenters. The highest BCUT2D eigenvalue weighted by molar-refractivity contribution is 5.95. The first kappa shape index (κ1) is 13.5. The number of hydrogen-bond acceptors (Lipinski definition) is 4. The summed E-state index contributed by atoms with van der Waals surface area (Å²) in [6.45, 7) is 1.95. The van der Waals surface area contributed by atoms with Crippen molar-refractivity contribution in [2.24, 2.45) is 7.05 Å². The van der Waals surface area contributed by atoms with Gasteiger partial charge in [0, 0.05) is 13.2 Å². The third-order valence-corrected chi connectivity index (χ3v) is 3.09. The Kier molecular flexibility index (Phi) is 3.84. The number of anilines is 1. The van der Waals surface area contributed by atoms with Gasteiger partial charge in [-0.25, -0.2) is 4.79 Å². The van der Waals surface area contributed by atoms with Crippen molar-refractivity contribution in [3.05, 3.63) is 11.9 Å². The van der Waals surface area contributed by atoms with Gasteiger partial charge in [-0.05, 0) is 19.3 Å². The first-order chi connectivity index (χ1) is 9.01. The molecule has 0 bridgehead atoms. The number of carboxylic acids is 1. The SMILES string of the molecule is CCc1nn(C)cc1NC(=O)C1CCC(C(=O)O)O1. The highest BCUT2D eigenvalue weighted by Crippen LogP contribution is 2.22. The predicted octanol–water partition coefficient (Wildman–Crippen LogP) is 0.553. The maximum atomic E-state index is 12.0. The zero-order valence-corrected chi connectivity index (χ0v) is 10.9. The molecule has 0 radical (unpaired) electrons. The molecule has 0 aliphatic carbocycles. The average molecular weight is 267 g/mol. The lowest BCUT2D eigenvalue weighted by molar-refractivity contribution is -0.150. The van der Waals surface area contributed by atoms with E-state index in [1.54, 1.807) is 17.9 Å². The Labute approximate surface area is 110 Å². The molecule has 1 aliphatic heterocycles. The minimum Gasteiger partial charge on any atom is -0.479 e. The van der Waals surface area contributed by atoms with Gasteiger partial charge in [0.2, 0.25) is 0 Å². The van der Waals surface area contributed by atoms with Crippen molar-refractivity contribution < 1.29 is 19.4 Å². The van der Waals surface area contributed by atoms with Crippen molar-refractivity contribution in [1.29, 1.82) is 0 Å². The minimum absolute atomic E-state index is 0.313. The van der Waals surface area contributed by atoms with E-state index in [9.17, 15) is 9.59 Å². The molecule has 1 aliphatic rings. The quantitative estimate of drug-likeness (QED) is 0.831. The van der Waals surface area contributed by atoms with E-state index in [4.69, 9.17) is 9.84 Å². The van der Waals surface area contributed by atoms with Crippen molar-refractivity contribution >= 4 is 17.6 Å². The molecule has 104 valence electrons. The maximum absolute atomic E-state index is 12.0. The second-order valence-corrected chi connectivity index (χ2v) is 4.53. The summed E-state index contributed by atoms with van der Waals surface area (Å²) in [5.41, 5.74) is 1.45. The first-order valence-corrected chi connectivity index (χ1v) is 6.23. The Hall–Kier alpha value is -1.89. The Balaban J connectivity index is 2.00. The van der Waals surface area contributed by atoms with E-state index < -0.39 is 18.2 Å². The number of carbonyl (C=O) groups is 2. The Morgan fingerprint density at radius 1 is 1.53 bits per heavy atom. The number of aromatic nitrogens is 2. The summed E-state index contributed by atoms with van der Waals surface area (Å²) in [6, 6.07) is 0. The Bertz CT molecular complexity index is 497. The number of nitrogens with zero attached hydrogens (tertiary/aromatic N) is 2. The maximum Gasteiger partial charge on any atom is 0.332 e. The second-order valence-electron chi connectivity index (χ2n) is 4.53. The number of nitrogens with one attached hydrogen (secondary N) is 1. The molecule has 1 saturated heterocycles. The van der Waals surface area contributed by atoms with E-state index in [1.165, 1.54) is 0 Å². The van der Waals surface area contributed by atoms with Gasteiger partial charge < -0.3 is 15.2 Å². The van der Waals surface area contributed by atoms with Crippen LogP contribution in [0.1, 0.15) is 25.5 Å². The van der Waals surface area contributed by atoms with Crippen LogP contribution in [0.4, 0.5) is 5.69 Å². The van der Waals surface area contributed by atoms with Gasteiger partial charge in [0.15, 0.2) is 6.10 Å². The first-order valence-electron chi connectivity index (χ1n) is 6.23. The average Bonchev–Trinajstić information content (AvgIpc) is 2.95. The number of aryl methyl sites for hydroxylation is 2. The molecule has 2 atom stereocenters. The molecule has 1 amide bonds. The second kappa shape index (κ2) is 5.40. The molecule has 0 spiro atoms. The molecule has 7 nitrogen and oxygen atoms in total. The van der Waals surface area contributed by atoms with Crippen molar-refractivity contribution in [3.8, 4) is 0 Å². The molecule has 0 aromatic carbocycles. The number of amides is 1. The van der Waals surface area contributed by atoms with Crippen molar-refractivity contribution in [2.75, 3.05) is 5.32 Å². The fraction of sp³-hybridized carbons (Fsp3) is 0.583. The van der Waals surface area contributed by atoms with Gasteiger partial charge in [0.05, 0.1) is 11.4 Å². The van der Waals surface area contributed by atoms with E-state index in [0.29, 0.717) is 24.9 Å². The summed E-state index contributed by atoms with van der Waals surface area (Å²) in [7, 11) is 1.78. The fourth-order valence-electron chi connectivity index (χ4n) is 2.12. The van der Waals surface area contributed by atoms with Crippen LogP contribution in [0.3, 0.4) is 0 Å². The van der Waals surface area contributed by atoms with Crippen LogP contribution in [0.5, 0.6) is 0 Å². The van der Waals surface area contributed by atoms with Crippen LogP contribution in [0.2, 0.25) is 0 Å². The van der Waals surface area contributed by atoms with Crippen LogP contribution < -0.4 is 5.32 Å². The number of carboxylic acid groups (broad SMARTS) is 1. The number of aliphatic carboxylic acids is 1. The normalized spacial score (nSPS) is 22.4. The van der Waals surface area contributed by atoms with Gasteiger partial charge in [-0.2, -0.15) is 5.10 Å². The van der Waals surface area contributed by atoms with Crippen LogP contribution >= 0.6 is 0 Å². The summed E-state index contributed by atoms with van der Waals surface area (Å²) in [5.74, 6) is -1.34. The molecule has 0 saturated carbocycles.